The molecule has 2 aromatic rings. The summed E-state index contributed by atoms with van der Waals surface area (Å²) in [5.74, 6) is 1.12. The number of fused-ring (bicyclic) bond motifs is 1. The van der Waals surface area contributed by atoms with Crippen molar-refractivity contribution < 1.29 is 0 Å². The fourth-order valence-corrected chi connectivity index (χ4v) is 2.21. The molecule has 81 valence electrons. The third-order valence-electron chi connectivity index (χ3n) is 3.11. The van der Waals surface area contributed by atoms with E-state index in [4.69, 9.17) is 4.98 Å². The Morgan fingerprint density at radius 2 is 1.75 bits per heavy atom. The van der Waals surface area contributed by atoms with E-state index in [9.17, 15) is 0 Å². The summed E-state index contributed by atoms with van der Waals surface area (Å²) >= 11 is 0. The first-order chi connectivity index (χ1) is 7.93. The van der Waals surface area contributed by atoms with E-state index in [1.54, 1.807) is 0 Å². The van der Waals surface area contributed by atoms with Gasteiger partial charge in [0.1, 0.15) is 5.82 Å². The van der Waals surface area contributed by atoms with Crippen LogP contribution in [-0.2, 0) is 0 Å². The number of hydrogen-bond acceptors (Lipinski definition) is 2. The second kappa shape index (κ2) is 4.12. The molecule has 0 aliphatic carbocycles. The van der Waals surface area contributed by atoms with Gasteiger partial charge in [-0.2, -0.15) is 0 Å². The van der Waals surface area contributed by atoms with Crippen molar-refractivity contribution >= 4 is 16.7 Å². The Morgan fingerprint density at radius 3 is 2.62 bits per heavy atom. The third kappa shape index (κ3) is 1.75. The molecular formula is C14H15N2. The molecule has 1 fully saturated rings. The van der Waals surface area contributed by atoms with Crippen molar-refractivity contribution in [3.63, 3.8) is 0 Å². The largest absolute Gasteiger partial charge is 0.357 e. The highest BCUT2D eigenvalue weighted by molar-refractivity contribution is 5.80. The maximum Gasteiger partial charge on any atom is 0.129 e. The molecule has 1 aromatic carbocycles. The SMILES string of the molecule is [CH]1CCN(c2ccc3ccccc3n2)CC1. The fraction of sp³-hybridized carbons (Fsp3) is 0.286. The first-order valence-electron chi connectivity index (χ1n) is 5.86. The van der Waals surface area contributed by atoms with Gasteiger partial charge in [0.2, 0.25) is 0 Å². The maximum atomic E-state index is 4.71. The quantitative estimate of drug-likeness (QED) is 0.720. The van der Waals surface area contributed by atoms with Gasteiger partial charge in [0, 0.05) is 18.5 Å². The van der Waals surface area contributed by atoms with Crippen LogP contribution in [0.15, 0.2) is 36.4 Å². The molecule has 0 atom stereocenters. The van der Waals surface area contributed by atoms with Crippen molar-refractivity contribution in [1.82, 2.24) is 4.98 Å². The summed E-state index contributed by atoms with van der Waals surface area (Å²) in [6.07, 6.45) is 4.71. The van der Waals surface area contributed by atoms with Crippen LogP contribution in [0, 0.1) is 6.42 Å². The van der Waals surface area contributed by atoms with Crippen molar-refractivity contribution in [2.45, 2.75) is 12.8 Å². The molecule has 1 aromatic heterocycles. The number of hydrogen-bond donors (Lipinski definition) is 0. The number of aromatic nitrogens is 1. The molecule has 0 amide bonds. The van der Waals surface area contributed by atoms with Crippen molar-refractivity contribution in [2.75, 3.05) is 18.0 Å². The zero-order valence-electron chi connectivity index (χ0n) is 9.26. The first kappa shape index (κ1) is 9.64. The molecule has 2 heteroatoms. The molecule has 1 aliphatic heterocycles. The average molecular weight is 211 g/mol. The molecule has 0 unspecified atom stereocenters. The minimum Gasteiger partial charge on any atom is -0.357 e. The van der Waals surface area contributed by atoms with Crippen LogP contribution >= 0.6 is 0 Å². The number of rotatable bonds is 1. The maximum absolute atomic E-state index is 4.71. The lowest BCUT2D eigenvalue weighted by atomic mass is 10.1. The van der Waals surface area contributed by atoms with E-state index in [1.807, 2.05) is 6.07 Å². The monoisotopic (exact) mass is 211 g/mol. The Hall–Kier alpha value is -1.57. The predicted molar refractivity (Wildman–Crippen MR) is 67.5 cm³/mol. The van der Waals surface area contributed by atoms with Crippen molar-refractivity contribution in [3.05, 3.63) is 42.8 Å². The van der Waals surface area contributed by atoms with Gasteiger partial charge in [-0.3, -0.25) is 0 Å². The molecule has 2 heterocycles. The van der Waals surface area contributed by atoms with Gasteiger partial charge in [0.25, 0.3) is 0 Å². The lowest BCUT2D eigenvalue weighted by Crippen LogP contribution is -2.30. The van der Waals surface area contributed by atoms with E-state index < -0.39 is 0 Å². The molecule has 0 bridgehead atoms. The number of para-hydroxylation sites is 1. The Kier molecular flexibility index (Phi) is 2.49. The Morgan fingerprint density at radius 1 is 0.938 bits per heavy atom. The normalized spacial score (nSPS) is 16.6. The van der Waals surface area contributed by atoms with Crippen LogP contribution < -0.4 is 4.90 Å². The van der Waals surface area contributed by atoms with Crippen LogP contribution in [0.4, 0.5) is 5.82 Å². The summed E-state index contributed by atoms with van der Waals surface area (Å²) in [4.78, 5) is 7.08. The van der Waals surface area contributed by atoms with Crippen LogP contribution in [0.1, 0.15) is 12.8 Å². The highest BCUT2D eigenvalue weighted by atomic mass is 15.2. The van der Waals surface area contributed by atoms with Gasteiger partial charge in [0.15, 0.2) is 0 Å². The second-order valence-corrected chi connectivity index (χ2v) is 4.22. The van der Waals surface area contributed by atoms with Crippen molar-refractivity contribution in [3.8, 4) is 0 Å². The number of anilines is 1. The molecule has 0 N–H and O–H groups in total. The topological polar surface area (TPSA) is 16.1 Å². The first-order valence-corrected chi connectivity index (χ1v) is 5.86. The molecule has 3 rings (SSSR count). The lowest BCUT2D eigenvalue weighted by molar-refractivity contribution is 0.672. The van der Waals surface area contributed by atoms with E-state index >= 15 is 0 Å². The third-order valence-corrected chi connectivity index (χ3v) is 3.11. The Labute approximate surface area is 95.9 Å². The van der Waals surface area contributed by atoms with Crippen LogP contribution in [0.3, 0.4) is 0 Å². The van der Waals surface area contributed by atoms with E-state index in [0.29, 0.717) is 0 Å². The molecular weight excluding hydrogens is 196 g/mol. The molecule has 1 radical (unpaired) electrons. The smallest absolute Gasteiger partial charge is 0.129 e. The fourth-order valence-electron chi connectivity index (χ4n) is 2.21. The van der Waals surface area contributed by atoms with Gasteiger partial charge < -0.3 is 4.90 Å². The van der Waals surface area contributed by atoms with Gasteiger partial charge in [-0.05, 0) is 37.5 Å². The zero-order chi connectivity index (χ0) is 10.8. The van der Waals surface area contributed by atoms with Gasteiger partial charge in [-0.25, -0.2) is 4.98 Å². The molecule has 1 saturated heterocycles. The second-order valence-electron chi connectivity index (χ2n) is 4.22. The van der Waals surface area contributed by atoms with Crippen LogP contribution in [0.5, 0.6) is 0 Å². The molecule has 0 spiro atoms. The minimum absolute atomic E-state index is 1.09. The van der Waals surface area contributed by atoms with E-state index in [-0.39, 0.29) is 0 Å². The number of pyridine rings is 1. The Bertz CT molecular complexity index is 487. The van der Waals surface area contributed by atoms with Crippen molar-refractivity contribution in [2.24, 2.45) is 0 Å². The van der Waals surface area contributed by atoms with Crippen LogP contribution in [0.2, 0.25) is 0 Å². The number of benzene rings is 1. The summed E-state index contributed by atoms with van der Waals surface area (Å²) in [6, 6.07) is 12.6. The number of piperidine rings is 1. The minimum atomic E-state index is 1.09. The highest BCUT2D eigenvalue weighted by Crippen LogP contribution is 2.20. The standard InChI is InChI=1S/C14H15N2/c1-4-10-16(11-5-1)14-9-8-12-6-2-3-7-13(12)15-14/h1-3,6-9H,4-5,10-11H2. The van der Waals surface area contributed by atoms with E-state index in [0.717, 1.165) is 24.4 Å². The van der Waals surface area contributed by atoms with Gasteiger partial charge >= 0.3 is 0 Å². The predicted octanol–water partition coefficient (Wildman–Crippen LogP) is 3.04. The van der Waals surface area contributed by atoms with E-state index in [2.05, 4.69) is 41.7 Å². The molecule has 2 nitrogen and oxygen atoms in total. The van der Waals surface area contributed by atoms with Gasteiger partial charge in [0.05, 0.1) is 5.52 Å². The molecule has 1 aliphatic rings. The Balaban J connectivity index is 1.97. The van der Waals surface area contributed by atoms with Crippen LogP contribution in [0.25, 0.3) is 10.9 Å². The van der Waals surface area contributed by atoms with Gasteiger partial charge in [-0.15, -0.1) is 0 Å². The van der Waals surface area contributed by atoms with Crippen molar-refractivity contribution in [1.29, 1.82) is 0 Å². The zero-order valence-corrected chi connectivity index (χ0v) is 9.26. The summed E-state index contributed by atoms with van der Waals surface area (Å²) < 4.78 is 0. The van der Waals surface area contributed by atoms with Crippen LogP contribution in [-0.4, -0.2) is 18.1 Å². The van der Waals surface area contributed by atoms with Gasteiger partial charge in [-0.1, -0.05) is 18.2 Å². The lowest BCUT2D eigenvalue weighted by Gasteiger charge is -2.27. The average Bonchev–Trinajstić information content (AvgIpc) is 2.39. The summed E-state index contributed by atoms with van der Waals surface area (Å²) in [5.41, 5.74) is 1.09. The van der Waals surface area contributed by atoms with E-state index in [1.165, 1.54) is 18.2 Å². The summed E-state index contributed by atoms with van der Waals surface area (Å²) in [7, 11) is 0. The summed E-state index contributed by atoms with van der Waals surface area (Å²) in [5, 5.41) is 1.22. The number of nitrogens with zero attached hydrogens (tertiary/aromatic N) is 2. The molecule has 16 heavy (non-hydrogen) atoms. The summed E-state index contributed by atoms with van der Waals surface area (Å²) in [6.45, 7) is 2.21. The molecule has 0 saturated carbocycles. The highest BCUT2D eigenvalue weighted by Gasteiger charge is 2.11.